The summed E-state index contributed by atoms with van der Waals surface area (Å²) in [5, 5.41) is 2.89. The Labute approximate surface area is 117 Å². The molecule has 0 saturated heterocycles. The van der Waals surface area contributed by atoms with Crippen molar-refractivity contribution in [3.05, 3.63) is 28.8 Å². The van der Waals surface area contributed by atoms with Gasteiger partial charge in [-0.25, -0.2) is 8.42 Å². The molecule has 4 nitrogen and oxygen atoms in total. The van der Waals surface area contributed by atoms with Gasteiger partial charge in [0.1, 0.15) is 0 Å². The number of carbonyl (C=O) groups is 1. The van der Waals surface area contributed by atoms with Crippen molar-refractivity contribution in [1.82, 2.24) is 5.32 Å². The van der Waals surface area contributed by atoms with E-state index in [2.05, 4.69) is 12.2 Å². The highest BCUT2D eigenvalue weighted by Gasteiger charge is 2.34. The lowest BCUT2D eigenvalue weighted by Crippen LogP contribution is -2.27. The van der Waals surface area contributed by atoms with Crippen LogP contribution >= 0.6 is 10.7 Å². The molecule has 1 aliphatic carbocycles. The molecule has 0 heterocycles. The smallest absolute Gasteiger partial charge is 0.261 e. The van der Waals surface area contributed by atoms with Crippen molar-refractivity contribution in [3.63, 3.8) is 0 Å². The van der Waals surface area contributed by atoms with Gasteiger partial charge >= 0.3 is 0 Å². The lowest BCUT2D eigenvalue weighted by Gasteiger charge is -2.11. The van der Waals surface area contributed by atoms with Crippen LogP contribution in [0.3, 0.4) is 0 Å². The molecule has 2 unspecified atom stereocenters. The molecule has 0 radical (unpaired) electrons. The van der Waals surface area contributed by atoms with Crippen molar-refractivity contribution < 1.29 is 13.2 Å². The van der Waals surface area contributed by atoms with Gasteiger partial charge in [-0.05, 0) is 49.4 Å². The maximum atomic E-state index is 12.1. The Hall–Kier alpha value is -1.07. The maximum Gasteiger partial charge on any atom is 0.261 e. The Morgan fingerprint density at radius 3 is 2.42 bits per heavy atom. The minimum Gasteiger partial charge on any atom is -0.349 e. The highest BCUT2D eigenvalue weighted by atomic mass is 35.7. The third-order valence-corrected chi connectivity index (χ3v) is 4.93. The van der Waals surface area contributed by atoms with E-state index in [4.69, 9.17) is 10.7 Å². The molecule has 2 atom stereocenters. The molecule has 0 aliphatic heterocycles. The van der Waals surface area contributed by atoms with Crippen LogP contribution < -0.4 is 5.32 Å². The molecule has 0 spiro atoms. The summed E-state index contributed by atoms with van der Waals surface area (Å²) in [5.41, 5.74) is 1.88. The average Bonchev–Trinajstić information content (AvgIpc) is 2.96. The number of carbonyl (C=O) groups excluding carboxylic acids is 1. The zero-order chi connectivity index (χ0) is 14.4. The van der Waals surface area contributed by atoms with Gasteiger partial charge < -0.3 is 5.32 Å². The largest absolute Gasteiger partial charge is 0.349 e. The number of hydrogen-bond donors (Lipinski definition) is 1. The first kappa shape index (κ1) is 14.3. The highest BCUT2D eigenvalue weighted by Crippen LogP contribution is 2.30. The minimum absolute atomic E-state index is 0.0359. The number of hydrogen-bond acceptors (Lipinski definition) is 3. The van der Waals surface area contributed by atoms with Crippen molar-refractivity contribution in [2.24, 2.45) is 5.92 Å². The number of rotatable bonds is 3. The van der Waals surface area contributed by atoms with Gasteiger partial charge in [-0.3, -0.25) is 4.79 Å². The first-order valence-electron chi connectivity index (χ1n) is 6.07. The van der Waals surface area contributed by atoms with Gasteiger partial charge in [-0.2, -0.15) is 0 Å². The van der Waals surface area contributed by atoms with Gasteiger partial charge in [0.25, 0.3) is 15.0 Å². The molecule has 1 aliphatic rings. The van der Waals surface area contributed by atoms with E-state index in [0.29, 0.717) is 11.5 Å². The van der Waals surface area contributed by atoms with Gasteiger partial charge in [-0.15, -0.1) is 0 Å². The fourth-order valence-electron chi connectivity index (χ4n) is 1.97. The SMILES string of the molecule is Cc1cc(S(=O)(=O)Cl)cc(C(=O)NC2CC2C)c1C. The summed E-state index contributed by atoms with van der Waals surface area (Å²) in [5.74, 6) is 0.252. The fourth-order valence-corrected chi connectivity index (χ4v) is 2.82. The van der Waals surface area contributed by atoms with Crippen molar-refractivity contribution in [3.8, 4) is 0 Å². The molecule has 6 heteroatoms. The Kier molecular flexibility index (Phi) is 3.62. The summed E-state index contributed by atoms with van der Waals surface area (Å²) >= 11 is 0. The predicted octanol–water partition coefficient (Wildman–Crippen LogP) is 2.37. The molecule has 2 rings (SSSR count). The van der Waals surface area contributed by atoms with E-state index in [9.17, 15) is 13.2 Å². The van der Waals surface area contributed by atoms with E-state index in [-0.39, 0.29) is 16.8 Å². The summed E-state index contributed by atoms with van der Waals surface area (Å²) in [6.07, 6.45) is 0.970. The molecule has 1 saturated carbocycles. The van der Waals surface area contributed by atoms with E-state index < -0.39 is 9.05 Å². The predicted molar refractivity (Wildman–Crippen MR) is 74.0 cm³/mol. The quantitative estimate of drug-likeness (QED) is 0.872. The number of nitrogens with one attached hydrogen (secondary N) is 1. The van der Waals surface area contributed by atoms with Gasteiger partial charge in [0, 0.05) is 22.3 Å². The number of amides is 1. The van der Waals surface area contributed by atoms with Gasteiger partial charge in [0.2, 0.25) is 0 Å². The number of aryl methyl sites for hydroxylation is 1. The third-order valence-electron chi connectivity index (χ3n) is 3.59. The Morgan fingerprint density at radius 1 is 1.37 bits per heavy atom. The van der Waals surface area contributed by atoms with E-state index in [1.807, 2.05) is 0 Å². The average molecular weight is 302 g/mol. The van der Waals surface area contributed by atoms with E-state index in [0.717, 1.165) is 17.5 Å². The molecule has 19 heavy (non-hydrogen) atoms. The Morgan fingerprint density at radius 2 is 1.95 bits per heavy atom. The van der Waals surface area contributed by atoms with Gasteiger partial charge in [-0.1, -0.05) is 6.92 Å². The zero-order valence-corrected chi connectivity index (χ0v) is 12.6. The number of benzene rings is 1. The summed E-state index contributed by atoms with van der Waals surface area (Å²) < 4.78 is 22.8. The molecule has 1 aromatic carbocycles. The second-order valence-electron chi connectivity index (χ2n) is 5.14. The zero-order valence-electron chi connectivity index (χ0n) is 11.0. The maximum absolute atomic E-state index is 12.1. The lowest BCUT2D eigenvalue weighted by atomic mass is 10.0. The van der Waals surface area contributed by atoms with Gasteiger partial charge in [0.15, 0.2) is 0 Å². The molecule has 1 amide bonds. The van der Waals surface area contributed by atoms with Crippen LogP contribution in [0.4, 0.5) is 0 Å². The summed E-state index contributed by atoms with van der Waals surface area (Å²) in [4.78, 5) is 12.1. The first-order valence-corrected chi connectivity index (χ1v) is 8.38. The summed E-state index contributed by atoms with van der Waals surface area (Å²) in [7, 11) is 1.51. The van der Waals surface area contributed by atoms with Crippen LogP contribution in [0.1, 0.15) is 34.8 Å². The topological polar surface area (TPSA) is 63.2 Å². The Balaban J connectivity index is 2.38. The molecule has 0 aromatic heterocycles. The monoisotopic (exact) mass is 301 g/mol. The van der Waals surface area contributed by atoms with Crippen LogP contribution in [-0.4, -0.2) is 20.4 Å². The first-order chi connectivity index (χ1) is 8.70. The van der Waals surface area contributed by atoms with Gasteiger partial charge in [0.05, 0.1) is 4.90 Å². The second kappa shape index (κ2) is 4.80. The normalized spacial score (nSPS) is 22.1. The molecule has 1 aromatic rings. The summed E-state index contributed by atoms with van der Waals surface area (Å²) in [6, 6.07) is 3.02. The lowest BCUT2D eigenvalue weighted by molar-refractivity contribution is 0.0948. The highest BCUT2D eigenvalue weighted by molar-refractivity contribution is 8.13. The van der Waals surface area contributed by atoms with E-state index >= 15 is 0 Å². The van der Waals surface area contributed by atoms with Crippen molar-refractivity contribution in [2.75, 3.05) is 0 Å². The van der Waals surface area contributed by atoms with Crippen LogP contribution in [0.25, 0.3) is 0 Å². The van der Waals surface area contributed by atoms with Crippen LogP contribution in [0.5, 0.6) is 0 Å². The van der Waals surface area contributed by atoms with Crippen LogP contribution in [-0.2, 0) is 9.05 Å². The van der Waals surface area contributed by atoms with E-state index in [1.54, 1.807) is 13.8 Å². The fraction of sp³-hybridized carbons (Fsp3) is 0.462. The number of halogens is 1. The molecule has 104 valence electrons. The van der Waals surface area contributed by atoms with Crippen LogP contribution in [0.2, 0.25) is 0 Å². The molecule has 1 N–H and O–H groups in total. The molecule has 0 bridgehead atoms. The van der Waals surface area contributed by atoms with E-state index in [1.165, 1.54) is 12.1 Å². The third kappa shape index (κ3) is 3.09. The second-order valence-corrected chi connectivity index (χ2v) is 7.71. The van der Waals surface area contributed by atoms with Crippen LogP contribution in [0, 0.1) is 19.8 Å². The van der Waals surface area contributed by atoms with Crippen molar-refractivity contribution >= 4 is 25.6 Å². The van der Waals surface area contributed by atoms with Crippen molar-refractivity contribution in [1.29, 1.82) is 0 Å². The standard InChI is InChI=1S/C13H16ClNO3S/c1-7-4-10(19(14,17)18)6-11(9(7)3)13(16)15-12-5-8(12)2/h4,6,8,12H,5H2,1-3H3,(H,15,16). The van der Waals surface area contributed by atoms with Crippen molar-refractivity contribution in [2.45, 2.75) is 38.1 Å². The minimum atomic E-state index is -3.83. The summed E-state index contributed by atoms with van der Waals surface area (Å²) in [6.45, 7) is 5.62. The molecule has 1 fully saturated rings. The molecular weight excluding hydrogens is 286 g/mol. The molecular formula is C13H16ClNO3S. The Bertz CT molecular complexity index is 640. The van der Waals surface area contributed by atoms with Crippen LogP contribution in [0.15, 0.2) is 17.0 Å².